The molecule has 0 amide bonds. The number of rotatable bonds is 10. The monoisotopic (exact) mass is 474 g/mol. The van der Waals surface area contributed by atoms with Crippen molar-refractivity contribution in [2.75, 3.05) is 31.5 Å². The van der Waals surface area contributed by atoms with Gasteiger partial charge in [0.15, 0.2) is 0 Å². The van der Waals surface area contributed by atoms with Crippen molar-refractivity contribution < 1.29 is 18.3 Å². The Morgan fingerprint density at radius 1 is 0.853 bits per heavy atom. The lowest BCUT2D eigenvalue weighted by Crippen LogP contribution is -2.24. The number of fused-ring (bicyclic) bond motifs is 1. The number of anilines is 2. The van der Waals surface area contributed by atoms with E-state index in [-0.39, 0.29) is 5.52 Å². The minimum absolute atomic E-state index is 0.269. The summed E-state index contributed by atoms with van der Waals surface area (Å²) in [6.45, 7) is 13.0. The van der Waals surface area contributed by atoms with Crippen LogP contribution in [0.1, 0.15) is 44.4 Å². The van der Waals surface area contributed by atoms with E-state index in [2.05, 4.69) is 47.8 Å². The average Bonchev–Trinajstić information content (AvgIpc) is 2.82. The summed E-state index contributed by atoms with van der Waals surface area (Å²) < 4.78 is 39.4. The summed E-state index contributed by atoms with van der Waals surface area (Å²) in [7, 11) is 0. The van der Waals surface area contributed by atoms with Crippen molar-refractivity contribution in [2.24, 2.45) is 0 Å². The molecule has 0 aliphatic carbocycles. The Hall–Kier alpha value is -2.84. The van der Waals surface area contributed by atoms with Crippen LogP contribution in [-0.2, 0) is 19.3 Å². The number of pyridine rings is 1. The maximum Gasteiger partial charge on any atom is 0.416 e. The molecule has 0 aliphatic rings. The van der Waals surface area contributed by atoms with Gasteiger partial charge in [-0.1, -0.05) is 33.8 Å². The van der Waals surface area contributed by atoms with Crippen LogP contribution < -0.4 is 5.32 Å². The molecule has 0 aliphatic heterocycles. The number of hydrogen-bond acceptors (Lipinski definition) is 5. The molecule has 8 heteroatoms. The van der Waals surface area contributed by atoms with Gasteiger partial charge in [0.2, 0.25) is 0 Å². The van der Waals surface area contributed by atoms with E-state index < -0.39 is 11.7 Å². The van der Waals surface area contributed by atoms with E-state index in [0.717, 1.165) is 55.1 Å². The van der Waals surface area contributed by atoms with Crippen LogP contribution in [0.4, 0.5) is 24.5 Å². The number of halogens is 3. The zero-order valence-corrected chi connectivity index (χ0v) is 20.2. The zero-order chi connectivity index (χ0) is 24.9. The number of nitrogens with one attached hydrogen (secondary N) is 1. The topological polar surface area (TPSA) is 51.6 Å². The summed E-state index contributed by atoms with van der Waals surface area (Å²) >= 11 is 0. The quantitative estimate of drug-likeness (QED) is 0.334. The fraction of sp³-hybridized carbons (Fsp3) is 0.423. The number of phenols is 1. The highest BCUT2D eigenvalue weighted by Gasteiger charge is 2.30. The van der Waals surface area contributed by atoms with Crippen LogP contribution in [0.25, 0.3) is 10.9 Å². The van der Waals surface area contributed by atoms with E-state index in [0.29, 0.717) is 29.9 Å². The summed E-state index contributed by atoms with van der Waals surface area (Å²) in [4.78, 5) is 8.58. The van der Waals surface area contributed by atoms with E-state index in [1.807, 2.05) is 12.1 Å². The van der Waals surface area contributed by atoms with E-state index >= 15 is 0 Å². The number of nitrogens with zero attached hydrogens (tertiary/aromatic N) is 3. The lowest BCUT2D eigenvalue weighted by Gasteiger charge is -2.24. The lowest BCUT2D eigenvalue weighted by molar-refractivity contribution is -0.137. The highest BCUT2D eigenvalue weighted by molar-refractivity contribution is 5.93. The summed E-state index contributed by atoms with van der Waals surface area (Å²) in [6.07, 6.45) is -2.92. The van der Waals surface area contributed by atoms with Crippen molar-refractivity contribution in [1.29, 1.82) is 0 Å². The largest absolute Gasteiger partial charge is 0.507 e. The van der Waals surface area contributed by atoms with Crippen LogP contribution in [0.2, 0.25) is 0 Å². The molecule has 34 heavy (non-hydrogen) atoms. The highest BCUT2D eigenvalue weighted by Crippen LogP contribution is 2.35. The minimum Gasteiger partial charge on any atom is -0.507 e. The van der Waals surface area contributed by atoms with Crippen LogP contribution in [0.3, 0.4) is 0 Å². The van der Waals surface area contributed by atoms with Gasteiger partial charge < -0.3 is 10.4 Å². The number of benzene rings is 2. The maximum atomic E-state index is 13.1. The normalized spacial score (nSPS) is 12.1. The second-order valence-electron chi connectivity index (χ2n) is 8.28. The molecule has 3 rings (SSSR count). The van der Waals surface area contributed by atoms with Crippen LogP contribution in [0.15, 0.2) is 42.6 Å². The first-order valence-corrected chi connectivity index (χ1v) is 11.7. The molecule has 184 valence electrons. The third-order valence-corrected chi connectivity index (χ3v) is 6.19. The Kier molecular flexibility index (Phi) is 8.38. The molecule has 0 atom stereocenters. The molecule has 0 spiro atoms. The second-order valence-corrected chi connectivity index (χ2v) is 8.28. The fourth-order valence-electron chi connectivity index (χ4n) is 4.04. The molecular weight excluding hydrogens is 441 g/mol. The molecule has 0 fully saturated rings. The van der Waals surface area contributed by atoms with Gasteiger partial charge in [0.25, 0.3) is 0 Å². The van der Waals surface area contributed by atoms with Gasteiger partial charge in [0, 0.05) is 47.2 Å². The van der Waals surface area contributed by atoms with Gasteiger partial charge in [-0.05, 0) is 56.5 Å². The van der Waals surface area contributed by atoms with Crippen molar-refractivity contribution in [1.82, 2.24) is 14.8 Å². The molecule has 2 N–H and O–H groups in total. The molecule has 2 aromatic carbocycles. The van der Waals surface area contributed by atoms with Crippen molar-refractivity contribution in [3.8, 4) is 5.75 Å². The third kappa shape index (κ3) is 5.98. The third-order valence-electron chi connectivity index (χ3n) is 6.19. The van der Waals surface area contributed by atoms with Gasteiger partial charge in [0.1, 0.15) is 5.75 Å². The summed E-state index contributed by atoms with van der Waals surface area (Å²) in [5.74, 6) is 0.291. The van der Waals surface area contributed by atoms with Crippen molar-refractivity contribution in [3.63, 3.8) is 0 Å². The zero-order valence-electron chi connectivity index (χ0n) is 20.2. The standard InChI is InChI=1S/C26H33F3N4O/c1-5-32(6-2)16-18-13-21(14-19(25(18)34)17-33(7-3)8-4)31-23-11-12-30-24-15-20(26(27,28)29)9-10-22(23)24/h9-15,34H,5-8,16-17H2,1-4H3,(H,30,31). The SMILES string of the molecule is CCN(CC)Cc1cc(Nc2ccnc3cc(C(F)(F)F)ccc23)cc(CN(CC)CC)c1O. The van der Waals surface area contributed by atoms with Crippen molar-refractivity contribution >= 4 is 22.3 Å². The predicted molar refractivity (Wildman–Crippen MR) is 131 cm³/mol. The van der Waals surface area contributed by atoms with Gasteiger partial charge in [-0.2, -0.15) is 13.2 Å². The lowest BCUT2D eigenvalue weighted by atomic mass is 10.0. The molecule has 3 aromatic rings. The molecule has 0 radical (unpaired) electrons. The Labute approximate surface area is 199 Å². The Morgan fingerprint density at radius 3 is 1.91 bits per heavy atom. The molecular formula is C26H33F3N4O. The van der Waals surface area contributed by atoms with Crippen LogP contribution in [-0.4, -0.2) is 46.1 Å². The van der Waals surface area contributed by atoms with Gasteiger partial charge >= 0.3 is 6.18 Å². The van der Waals surface area contributed by atoms with Gasteiger partial charge in [0.05, 0.1) is 11.1 Å². The minimum atomic E-state index is -4.42. The van der Waals surface area contributed by atoms with E-state index in [1.165, 1.54) is 12.3 Å². The van der Waals surface area contributed by atoms with Gasteiger partial charge in [-0.3, -0.25) is 14.8 Å². The number of aromatic nitrogens is 1. The summed E-state index contributed by atoms with van der Waals surface area (Å²) in [6, 6.07) is 9.15. The van der Waals surface area contributed by atoms with E-state index in [9.17, 15) is 18.3 Å². The first-order valence-electron chi connectivity index (χ1n) is 11.7. The van der Waals surface area contributed by atoms with Crippen LogP contribution in [0, 0.1) is 0 Å². The predicted octanol–water partition coefficient (Wildman–Crippen LogP) is 6.39. The van der Waals surface area contributed by atoms with Crippen molar-refractivity contribution in [3.05, 3.63) is 59.3 Å². The number of phenolic OH excluding ortho intramolecular Hbond substituents is 1. The molecule has 0 unspecified atom stereocenters. The van der Waals surface area contributed by atoms with E-state index in [4.69, 9.17) is 0 Å². The molecule has 0 saturated carbocycles. The number of alkyl halides is 3. The first kappa shape index (κ1) is 25.8. The van der Waals surface area contributed by atoms with Crippen LogP contribution >= 0.6 is 0 Å². The number of hydrogen-bond donors (Lipinski definition) is 2. The Balaban J connectivity index is 2.03. The molecule has 1 heterocycles. The number of aromatic hydroxyl groups is 1. The van der Waals surface area contributed by atoms with E-state index in [1.54, 1.807) is 6.07 Å². The summed E-state index contributed by atoms with van der Waals surface area (Å²) in [5, 5.41) is 15.0. The molecule has 0 saturated heterocycles. The maximum absolute atomic E-state index is 13.1. The van der Waals surface area contributed by atoms with Gasteiger partial charge in [-0.15, -0.1) is 0 Å². The Bertz CT molecular complexity index is 1070. The highest BCUT2D eigenvalue weighted by atomic mass is 19.4. The van der Waals surface area contributed by atoms with Crippen LogP contribution in [0.5, 0.6) is 5.75 Å². The van der Waals surface area contributed by atoms with Gasteiger partial charge in [-0.25, -0.2) is 0 Å². The average molecular weight is 475 g/mol. The smallest absolute Gasteiger partial charge is 0.416 e. The first-order chi connectivity index (χ1) is 16.2. The molecule has 1 aromatic heterocycles. The van der Waals surface area contributed by atoms with Crippen molar-refractivity contribution in [2.45, 2.75) is 47.0 Å². The molecule has 0 bridgehead atoms. The molecule has 5 nitrogen and oxygen atoms in total. The second kappa shape index (κ2) is 11.1. The Morgan fingerprint density at radius 2 is 1.41 bits per heavy atom. The summed E-state index contributed by atoms with van der Waals surface area (Å²) in [5.41, 5.74) is 2.60. The fourth-order valence-corrected chi connectivity index (χ4v) is 4.04.